The van der Waals surface area contributed by atoms with E-state index in [4.69, 9.17) is 0 Å². The van der Waals surface area contributed by atoms with Crippen molar-refractivity contribution in [2.24, 2.45) is 0 Å². The van der Waals surface area contributed by atoms with Crippen molar-refractivity contribution in [1.29, 1.82) is 0 Å². The Bertz CT molecular complexity index is 650. The van der Waals surface area contributed by atoms with E-state index in [1.807, 2.05) is 0 Å². The minimum absolute atomic E-state index is 0.627. The van der Waals surface area contributed by atoms with Crippen LogP contribution in [0.1, 0.15) is 26.7 Å². The second kappa shape index (κ2) is 7.16. The highest BCUT2D eigenvalue weighted by Crippen LogP contribution is 2.76. The second-order valence-corrected chi connectivity index (χ2v) is 42.7. The van der Waals surface area contributed by atoms with Crippen molar-refractivity contribution in [3.63, 3.8) is 0 Å². The highest BCUT2D eigenvalue weighted by atomic mass is 28.5. The Kier molecular flexibility index (Phi) is 6.31. The second-order valence-electron chi connectivity index (χ2n) is 14.3. The molecule has 2 aliphatic rings. The minimum Gasteiger partial charge on any atom is -0.0874 e. The maximum atomic E-state index is 2.99. The molecule has 0 nitrogen and oxygen atoms in total. The first-order valence-electron chi connectivity index (χ1n) is 11.8. The van der Waals surface area contributed by atoms with E-state index >= 15 is 0 Å². The maximum Gasteiger partial charge on any atom is 0.104 e. The molecule has 0 unspecified atom stereocenters. The van der Waals surface area contributed by atoms with Gasteiger partial charge in [-0.15, -0.1) is 0 Å². The van der Waals surface area contributed by atoms with Gasteiger partial charge in [0, 0.05) is 32.3 Å². The summed E-state index contributed by atoms with van der Waals surface area (Å²) in [5, 5.41) is 0. The Morgan fingerprint density at radius 3 is 1.00 bits per heavy atom. The van der Waals surface area contributed by atoms with Gasteiger partial charge in [0.05, 0.1) is 0 Å². The van der Waals surface area contributed by atoms with Crippen molar-refractivity contribution in [3.05, 3.63) is 34.7 Å². The summed E-state index contributed by atoms with van der Waals surface area (Å²) < 4.78 is 1.25. The number of rotatable bonds is 4. The molecule has 0 aliphatic carbocycles. The van der Waals surface area contributed by atoms with E-state index in [2.05, 4.69) is 116 Å². The van der Waals surface area contributed by atoms with Crippen molar-refractivity contribution >= 4 is 40.4 Å². The summed E-state index contributed by atoms with van der Waals surface area (Å²) >= 11 is 0. The Balaban J connectivity index is 3.22. The average Bonchev–Trinajstić information content (AvgIpc) is 2.67. The molecule has 29 heavy (non-hydrogen) atoms. The molecule has 1 fully saturated rings. The van der Waals surface area contributed by atoms with Crippen LogP contribution in [0.2, 0.25) is 87.1 Å². The van der Waals surface area contributed by atoms with E-state index in [1.165, 1.54) is 12.8 Å². The molecule has 0 aromatic rings. The topological polar surface area (TPSA) is 0 Å². The van der Waals surface area contributed by atoms with Gasteiger partial charge in [0.1, 0.15) is 8.07 Å². The van der Waals surface area contributed by atoms with Crippen LogP contribution in [0.3, 0.4) is 0 Å². The molecule has 0 saturated carbocycles. The van der Waals surface area contributed by atoms with Crippen molar-refractivity contribution in [1.82, 2.24) is 0 Å². The molecule has 2 rings (SSSR count). The van der Waals surface area contributed by atoms with Gasteiger partial charge in [-0.3, -0.25) is 0 Å². The molecule has 1 saturated heterocycles. The SMILES string of the molecule is CC1=C[Si]2(C=C(C)C=C1)C([Si](C)(C)C)([Si](C)(C)C)CCC2([Si](C)(C)C)[Si](C)(C)C. The third-order valence-corrected chi connectivity index (χ3v) is 48.3. The van der Waals surface area contributed by atoms with E-state index in [0.717, 1.165) is 0 Å². The lowest BCUT2D eigenvalue weighted by molar-refractivity contribution is 0.763. The molecule has 166 valence electrons. The maximum absolute atomic E-state index is 2.99. The van der Waals surface area contributed by atoms with Crippen LogP contribution in [0.15, 0.2) is 34.7 Å². The third kappa shape index (κ3) is 3.36. The molecule has 1 spiro atoms. The van der Waals surface area contributed by atoms with Crippen LogP contribution in [0.5, 0.6) is 0 Å². The number of hydrogen-bond acceptors (Lipinski definition) is 0. The fourth-order valence-electron chi connectivity index (χ4n) is 9.00. The van der Waals surface area contributed by atoms with Gasteiger partial charge in [-0.1, -0.05) is 126 Å². The predicted molar refractivity (Wildman–Crippen MR) is 150 cm³/mol. The van der Waals surface area contributed by atoms with Gasteiger partial charge in [-0.25, -0.2) is 0 Å². The summed E-state index contributed by atoms with van der Waals surface area (Å²) in [5.41, 5.74) is 9.10. The first-order chi connectivity index (χ1) is 12.7. The minimum atomic E-state index is -1.94. The van der Waals surface area contributed by atoms with Gasteiger partial charge >= 0.3 is 0 Å². The first-order valence-corrected chi connectivity index (χ1v) is 27.9. The van der Waals surface area contributed by atoms with Gasteiger partial charge in [0.15, 0.2) is 0 Å². The Hall–Kier alpha value is 0.304. The van der Waals surface area contributed by atoms with Gasteiger partial charge in [0.2, 0.25) is 0 Å². The van der Waals surface area contributed by atoms with E-state index in [0.29, 0.717) is 8.57 Å². The summed E-state index contributed by atoms with van der Waals surface area (Å²) in [5.74, 6) is 0. The third-order valence-electron chi connectivity index (χ3n) is 8.93. The van der Waals surface area contributed by atoms with Crippen molar-refractivity contribution in [3.8, 4) is 0 Å². The summed E-state index contributed by atoms with van der Waals surface area (Å²) in [6.07, 6.45) is 7.91. The number of hydrogen-bond donors (Lipinski definition) is 0. The van der Waals surface area contributed by atoms with E-state index < -0.39 is 40.4 Å². The zero-order valence-electron chi connectivity index (χ0n) is 22.2. The Morgan fingerprint density at radius 1 is 0.552 bits per heavy atom. The van der Waals surface area contributed by atoms with Crippen LogP contribution < -0.4 is 0 Å². The van der Waals surface area contributed by atoms with Crippen LogP contribution in [0, 0.1) is 0 Å². The van der Waals surface area contributed by atoms with Crippen LogP contribution in [-0.2, 0) is 0 Å². The summed E-state index contributed by atoms with van der Waals surface area (Å²) in [6, 6.07) is 0. The fraction of sp³-hybridized carbons (Fsp3) is 0.750. The van der Waals surface area contributed by atoms with Crippen LogP contribution in [-0.4, -0.2) is 40.4 Å². The van der Waals surface area contributed by atoms with Crippen molar-refractivity contribution in [2.45, 2.75) is 114 Å². The lowest BCUT2D eigenvalue weighted by Gasteiger charge is -2.66. The highest BCUT2D eigenvalue weighted by molar-refractivity contribution is 7.30. The molecule has 0 bridgehead atoms. The molecule has 2 heterocycles. The molecule has 0 amide bonds. The van der Waals surface area contributed by atoms with E-state index in [9.17, 15) is 0 Å². The molecule has 0 aromatic heterocycles. The molecule has 0 atom stereocenters. The summed E-state index contributed by atoms with van der Waals surface area (Å²) in [6.45, 7) is 37.8. The molecule has 0 N–H and O–H groups in total. The average molecular weight is 479 g/mol. The standard InChI is InChI=1S/C24H50Si5/c1-21-15-16-22(2)20-29(19-21)23(25(3,4)5,26(6,7)8)17-18-24(29,27(9,10)11)28(12,13)14/h15-16,19-20H,17-18H2,1-14H3. The zero-order chi connectivity index (χ0) is 22.9. The highest BCUT2D eigenvalue weighted by Gasteiger charge is 2.78. The fourth-order valence-corrected chi connectivity index (χ4v) is 60.6. The largest absolute Gasteiger partial charge is 0.104 e. The molecule has 0 radical (unpaired) electrons. The van der Waals surface area contributed by atoms with Crippen LogP contribution in [0.25, 0.3) is 0 Å². The first kappa shape index (κ1) is 25.6. The zero-order valence-corrected chi connectivity index (χ0v) is 27.2. The van der Waals surface area contributed by atoms with Gasteiger partial charge in [0.25, 0.3) is 0 Å². The lowest BCUT2D eigenvalue weighted by Crippen LogP contribution is -2.75. The molecule has 5 heteroatoms. The monoisotopic (exact) mass is 478 g/mol. The molecular formula is C24H50Si5. The van der Waals surface area contributed by atoms with Crippen molar-refractivity contribution in [2.75, 3.05) is 0 Å². The van der Waals surface area contributed by atoms with Gasteiger partial charge < -0.3 is 0 Å². The predicted octanol–water partition coefficient (Wildman–Crippen LogP) is 8.76. The summed E-state index contributed by atoms with van der Waals surface area (Å²) in [4.78, 5) is 0. The Labute approximate surface area is 188 Å². The van der Waals surface area contributed by atoms with E-state index in [-0.39, 0.29) is 0 Å². The molecular weight excluding hydrogens is 429 g/mol. The molecule has 2 aliphatic heterocycles. The van der Waals surface area contributed by atoms with Crippen LogP contribution in [0.4, 0.5) is 0 Å². The quantitative estimate of drug-likeness (QED) is 0.354. The summed E-state index contributed by atoms with van der Waals surface area (Å²) in [7, 11) is -7.72. The van der Waals surface area contributed by atoms with Gasteiger partial charge in [-0.2, -0.15) is 0 Å². The molecule has 0 aromatic carbocycles. The Morgan fingerprint density at radius 2 is 0.793 bits per heavy atom. The van der Waals surface area contributed by atoms with E-state index in [1.54, 1.807) is 11.1 Å². The smallest absolute Gasteiger partial charge is 0.0874 e. The number of allylic oxidation sites excluding steroid dienone is 4. The van der Waals surface area contributed by atoms with Crippen molar-refractivity contribution < 1.29 is 0 Å². The van der Waals surface area contributed by atoms with Crippen LogP contribution >= 0.6 is 0 Å². The normalized spacial score (nSPS) is 24.3. The van der Waals surface area contributed by atoms with Gasteiger partial charge in [-0.05, 0) is 22.4 Å². The lowest BCUT2D eigenvalue weighted by atomic mass is 10.2.